The van der Waals surface area contributed by atoms with E-state index in [1.165, 1.54) is 0 Å². The van der Waals surface area contributed by atoms with Gasteiger partial charge >= 0.3 is 0 Å². The van der Waals surface area contributed by atoms with Crippen LogP contribution in [0.2, 0.25) is 0 Å². The lowest BCUT2D eigenvalue weighted by Crippen LogP contribution is -2.45. The monoisotopic (exact) mass is 315 g/mol. The molecule has 1 aliphatic heterocycles. The number of ether oxygens (including phenoxy) is 1. The molecule has 1 saturated heterocycles. The van der Waals surface area contributed by atoms with Gasteiger partial charge in [-0.25, -0.2) is 8.78 Å². The van der Waals surface area contributed by atoms with E-state index >= 15 is 0 Å². The third-order valence-electron chi connectivity index (χ3n) is 3.50. The maximum Gasteiger partial charge on any atom is 0.150 e. The number of nitrogens with two attached hydrogens (primary N) is 1. The van der Waals surface area contributed by atoms with Gasteiger partial charge in [0.1, 0.15) is 22.3 Å². The molecule has 1 aromatic carbocycles. The average molecular weight is 315 g/mol. The Balaban J connectivity index is 2.01. The SMILES string of the molecule is CCN1CCOC(CNc2c(F)cc(C(N)=S)cc2F)C1. The van der Waals surface area contributed by atoms with Crippen LogP contribution in [0.4, 0.5) is 14.5 Å². The molecular formula is C14H19F2N3OS. The fraction of sp³-hybridized carbons (Fsp3) is 0.500. The van der Waals surface area contributed by atoms with Crippen LogP contribution in [0.1, 0.15) is 12.5 Å². The van der Waals surface area contributed by atoms with Crippen molar-refractivity contribution in [3.63, 3.8) is 0 Å². The van der Waals surface area contributed by atoms with E-state index in [1.54, 1.807) is 0 Å². The predicted octanol–water partition coefficient (Wildman–Crippen LogP) is 1.73. The Morgan fingerprint density at radius 3 is 2.71 bits per heavy atom. The highest BCUT2D eigenvalue weighted by molar-refractivity contribution is 7.80. The number of rotatable bonds is 5. The van der Waals surface area contributed by atoms with Crippen molar-refractivity contribution in [2.45, 2.75) is 13.0 Å². The zero-order valence-corrected chi connectivity index (χ0v) is 12.7. The van der Waals surface area contributed by atoms with E-state index in [-0.39, 0.29) is 22.3 Å². The number of anilines is 1. The lowest BCUT2D eigenvalue weighted by atomic mass is 10.1. The summed E-state index contributed by atoms with van der Waals surface area (Å²) in [6.45, 7) is 5.62. The number of likely N-dealkylation sites (N-methyl/N-ethyl adjacent to an activating group) is 1. The maximum atomic E-state index is 13.9. The Morgan fingerprint density at radius 2 is 2.14 bits per heavy atom. The topological polar surface area (TPSA) is 50.5 Å². The molecule has 0 radical (unpaired) electrons. The molecule has 2 rings (SSSR count). The zero-order chi connectivity index (χ0) is 15.4. The van der Waals surface area contributed by atoms with Gasteiger partial charge in [0, 0.05) is 25.2 Å². The van der Waals surface area contributed by atoms with Crippen LogP contribution in [-0.2, 0) is 4.74 Å². The van der Waals surface area contributed by atoms with Crippen LogP contribution in [0.15, 0.2) is 12.1 Å². The van der Waals surface area contributed by atoms with Crippen molar-refractivity contribution in [2.75, 3.05) is 38.1 Å². The first-order chi connectivity index (χ1) is 10.0. The van der Waals surface area contributed by atoms with Gasteiger partial charge in [-0.05, 0) is 18.7 Å². The molecule has 1 aliphatic rings. The smallest absolute Gasteiger partial charge is 0.150 e. The van der Waals surface area contributed by atoms with Gasteiger partial charge in [0.2, 0.25) is 0 Å². The van der Waals surface area contributed by atoms with Crippen LogP contribution in [0.25, 0.3) is 0 Å². The van der Waals surface area contributed by atoms with E-state index in [0.717, 1.165) is 31.8 Å². The van der Waals surface area contributed by atoms with Crippen LogP contribution >= 0.6 is 12.2 Å². The molecule has 0 amide bonds. The van der Waals surface area contributed by atoms with Crippen molar-refractivity contribution in [2.24, 2.45) is 5.73 Å². The normalized spacial score (nSPS) is 19.5. The highest BCUT2D eigenvalue weighted by atomic mass is 32.1. The van der Waals surface area contributed by atoms with E-state index in [1.807, 2.05) is 0 Å². The zero-order valence-electron chi connectivity index (χ0n) is 11.9. The molecule has 1 fully saturated rings. The molecule has 1 aromatic rings. The number of nitrogens with one attached hydrogen (secondary N) is 1. The van der Waals surface area contributed by atoms with Crippen molar-refractivity contribution < 1.29 is 13.5 Å². The number of benzene rings is 1. The minimum Gasteiger partial charge on any atom is -0.389 e. The van der Waals surface area contributed by atoms with Gasteiger partial charge in [0.05, 0.1) is 12.7 Å². The Hall–Kier alpha value is -1.31. The third kappa shape index (κ3) is 4.09. The van der Waals surface area contributed by atoms with Crippen LogP contribution < -0.4 is 11.1 Å². The number of hydrogen-bond acceptors (Lipinski definition) is 4. The summed E-state index contributed by atoms with van der Waals surface area (Å²) in [5.74, 6) is -1.41. The molecule has 21 heavy (non-hydrogen) atoms. The molecule has 0 saturated carbocycles. The first-order valence-electron chi connectivity index (χ1n) is 6.88. The minimum absolute atomic E-state index is 0.0337. The largest absolute Gasteiger partial charge is 0.389 e. The summed E-state index contributed by atoms with van der Waals surface area (Å²) in [5.41, 5.74) is 5.38. The molecular weight excluding hydrogens is 296 g/mol. The van der Waals surface area contributed by atoms with E-state index in [4.69, 9.17) is 22.7 Å². The maximum absolute atomic E-state index is 13.9. The first kappa shape index (κ1) is 16.1. The van der Waals surface area contributed by atoms with E-state index in [0.29, 0.717) is 13.2 Å². The molecule has 4 nitrogen and oxygen atoms in total. The van der Waals surface area contributed by atoms with Crippen molar-refractivity contribution in [1.29, 1.82) is 0 Å². The number of nitrogens with zero attached hydrogens (tertiary/aromatic N) is 1. The second-order valence-electron chi connectivity index (χ2n) is 4.95. The number of hydrogen-bond donors (Lipinski definition) is 2. The summed E-state index contributed by atoms with van der Waals surface area (Å²) in [5, 5.41) is 2.78. The summed E-state index contributed by atoms with van der Waals surface area (Å²) in [6, 6.07) is 2.27. The van der Waals surface area contributed by atoms with Crippen molar-refractivity contribution in [3.8, 4) is 0 Å². The Kier molecular flexibility index (Phi) is 5.44. The molecule has 1 heterocycles. The van der Waals surface area contributed by atoms with Gasteiger partial charge < -0.3 is 15.8 Å². The van der Waals surface area contributed by atoms with Crippen LogP contribution in [0, 0.1) is 11.6 Å². The highest BCUT2D eigenvalue weighted by Gasteiger charge is 2.20. The van der Waals surface area contributed by atoms with Crippen LogP contribution in [-0.4, -0.2) is 48.8 Å². The molecule has 0 spiro atoms. The molecule has 1 unspecified atom stereocenters. The van der Waals surface area contributed by atoms with Gasteiger partial charge in [0.25, 0.3) is 0 Å². The van der Waals surface area contributed by atoms with Gasteiger partial charge in [-0.1, -0.05) is 19.1 Å². The molecule has 7 heteroatoms. The molecule has 3 N–H and O–H groups in total. The van der Waals surface area contributed by atoms with Crippen LogP contribution in [0.3, 0.4) is 0 Å². The molecule has 1 atom stereocenters. The van der Waals surface area contributed by atoms with Crippen LogP contribution in [0.5, 0.6) is 0 Å². The summed E-state index contributed by atoms with van der Waals surface area (Å²) in [4.78, 5) is 2.20. The third-order valence-corrected chi connectivity index (χ3v) is 3.74. The van der Waals surface area contributed by atoms with Crippen molar-refractivity contribution >= 4 is 22.9 Å². The van der Waals surface area contributed by atoms with E-state index in [9.17, 15) is 8.78 Å². The second kappa shape index (κ2) is 7.11. The van der Waals surface area contributed by atoms with Gasteiger partial charge in [0.15, 0.2) is 0 Å². The lowest BCUT2D eigenvalue weighted by molar-refractivity contribution is -0.0192. The standard InChI is InChI=1S/C14H19F2N3OS/c1-2-19-3-4-20-10(8-19)7-18-13-11(15)5-9(14(17)21)6-12(13)16/h5-6,10,18H,2-4,7-8H2,1H3,(H2,17,21). The summed E-state index contributed by atoms with van der Waals surface area (Å²) < 4.78 is 33.4. The van der Waals surface area contributed by atoms with E-state index in [2.05, 4.69) is 17.1 Å². The molecule has 0 bridgehead atoms. The lowest BCUT2D eigenvalue weighted by Gasteiger charge is -2.32. The van der Waals surface area contributed by atoms with Gasteiger partial charge in [-0.2, -0.15) is 0 Å². The van der Waals surface area contributed by atoms with E-state index < -0.39 is 11.6 Å². The Bertz CT molecular complexity index is 504. The van der Waals surface area contributed by atoms with Crippen molar-refractivity contribution in [3.05, 3.63) is 29.3 Å². The summed E-state index contributed by atoms with van der Waals surface area (Å²) in [6.07, 6.45) is -0.0900. The summed E-state index contributed by atoms with van der Waals surface area (Å²) in [7, 11) is 0. The minimum atomic E-state index is -0.707. The molecule has 116 valence electrons. The Morgan fingerprint density at radius 1 is 1.48 bits per heavy atom. The first-order valence-corrected chi connectivity index (χ1v) is 7.28. The van der Waals surface area contributed by atoms with Crippen molar-refractivity contribution in [1.82, 2.24) is 4.90 Å². The highest BCUT2D eigenvalue weighted by Crippen LogP contribution is 2.21. The number of thiocarbonyl (C=S) groups is 1. The fourth-order valence-electron chi connectivity index (χ4n) is 2.29. The molecule has 0 aromatic heterocycles. The fourth-order valence-corrected chi connectivity index (χ4v) is 2.41. The quantitative estimate of drug-likeness (QED) is 0.811. The molecule has 0 aliphatic carbocycles. The predicted molar refractivity (Wildman–Crippen MR) is 82.6 cm³/mol. The number of halogens is 2. The number of morpholine rings is 1. The van der Waals surface area contributed by atoms with Gasteiger partial charge in [-0.15, -0.1) is 0 Å². The second-order valence-corrected chi connectivity index (χ2v) is 5.39. The van der Waals surface area contributed by atoms with Gasteiger partial charge in [-0.3, -0.25) is 4.90 Å². The Labute approximate surface area is 128 Å². The average Bonchev–Trinajstić information content (AvgIpc) is 2.46. The summed E-state index contributed by atoms with van der Waals surface area (Å²) >= 11 is 4.72.